The standard InChI is InChI=1S/C15H18FN5/c1-12-9-18-15(19-10-12)21-7-5-20(6-8-21)11-14-13(16)3-2-4-17-14/h2-4,9-10H,5-8,11H2,1H3. The van der Waals surface area contributed by atoms with E-state index < -0.39 is 0 Å². The molecule has 6 heteroatoms. The highest BCUT2D eigenvalue weighted by molar-refractivity contribution is 5.30. The summed E-state index contributed by atoms with van der Waals surface area (Å²) in [5, 5.41) is 0. The molecule has 1 aliphatic rings. The monoisotopic (exact) mass is 287 g/mol. The molecule has 0 aromatic carbocycles. The molecule has 0 radical (unpaired) electrons. The highest BCUT2D eigenvalue weighted by Crippen LogP contribution is 2.13. The Bertz CT molecular complexity index is 593. The van der Waals surface area contributed by atoms with Gasteiger partial charge in [-0.15, -0.1) is 0 Å². The van der Waals surface area contributed by atoms with Crippen molar-refractivity contribution in [1.82, 2.24) is 19.9 Å². The zero-order valence-electron chi connectivity index (χ0n) is 12.0. The van der Waals surface area contributed by atoms with Crippen LogP contribution in [0.5, 0.6) is 0 Å². The maximum absolute atomic E-state index is 13.6. The van der Waals surface area contributed by atoms with Crippen LogP contribution < -0.4 is 4.90 Å². The molecule has 3 heterocycles. The number of rotatable bonds is 3. The van der Waals surface area contributed by atoms with Crippen LogP contribution in [0.1, 0.15) is 11.3 Å². The molecule has 3 rings (SSSR count). The van der Waals surface area contributed by atoms with Crippen molar-refractivity contribution >= 4 is 5.95 Å². The van der Waals surface area contributed by atoms with Gasteiger partial charge in [0.1, 0.15) is 5.82 Å². The zero-order valence-corrected chi connectivity index (χ0v) is 12.0. The van der Waals surface area contributed by atoms with E-state index in [-0.39, 0.29) is 5.82 Å². The molecule has 0 bridgehead atoms. The first-order chi connectivity index (χ1) is 10.2. The lowest BCUT2D eigenvalue weighted by atomic mass is 10.2. The highest BCUT2D eigenvalue weighted by Gasteiger charge is 2.20. The molecular weight excluding hydrogens is 269 g/mol. The Morgan fingerprint density at radius 3 is 2.48 bits per heavy atom. The van der Waals surface area contributed by atoms with Crippen molar-refractivity contribution in [2.75, 3.05) is 31.1 Å². The third kappa shape index (κ3) is 3.33. The summed E-state index contributed by atoms with van der Waals surface area (Å²) < 4.78 is 13.6. The Balaban J connectivity index is 1.58. The molecule has 110 valence electrons. The van der Waals surface area contributed by atoms with Gasteiger partial charge in [-0.1, -0.05) is 0 Å². The van der Waals surface area contributed by atoms with Crippen LogP contribution in [0, 0.1) is 12.7 Å². The van der Waals surface area contributed by atoms with Gasteiger partial charge in [0.15, 0.2) is 0 Å². The SMILES string of the molecule is Cc1cnc(N2CCN(Cc3ncccc3F)CC2)nc1. The molecule has 5 nitrogen and oxygen atoms in total. The van der Waals surface area contributed by atoms with Crippen molar-refractivity contribution in [3.8, 4) is 0 Å². The average Bonchev–Trinajstić information content (AvgIpc) is 2.51. The van der Waals surface area contributed by atoms with Crippen molar-refractivity contribution in [1.29, 1.82) is 0 Å². The first-order valence-corrected chi connectivity index (χ1v) is 7.08. The van der Waals surface area contributed by atoms with Crippen LogP contribution in [0.3, 0.4) is 0 Å². The minimum Gasteiger partial charge on any atom is -0.338 e. The van der Waals surface area contributed by atoms with Crippen molar-refractivity contribution < 1.29 is 4.39 Å². The van der Waals surface area contributed by atoms with Crippen LogP contribution in [0.25, 0.3) is 0 Å². The summed E-state index contributed by atoms with van der Waals surface area (Å²) in [6.45, 7) is 5.92. The highest BCUT2D eigenvalue weighted by atomic mass is 19.1. The third-order valence-corrected chi connectivity index (χ3v) is 3.63. The van der Waals surface area contributed by atoms with E-state index in [0.717, 1.165) is 37.7 Å². The largest absolute Gasteiger partial charge is 0.338 e. The topological polar surface area (TPSA) is 45.2 Å². The van der Waals surface area contributed by atoms with Crippen LogP contribution in [-0.2, 0) is 6.54 Å². The average molecular weight is 287 g/mol. The smallest absolute Gasteiger partial charge is 0.225 e. The fourth-order valence-electron chi connectivity index (χ4n) is 2.40. The zero-order chi connectivity index (χ0) is 14.7. The molecule has 0 amide bonds. The predicted molar refractivity (Wildman–Crippen MR) is 78.5 cm³/mol. The quantitative estimate of drug-likeness (QED) is 0.859. The lowest BCUT2D eigenvalue weighted by Gasteiger charge is -2.34. The normalized spacial score (nSPS) is 16.2. The van der Waals surface area contributed by atoms with Crippen molar-refractivity contribution in [3.05, 3.63) is 47.8 Å². The van der Waals surface area contributed by atoms with Crippen LogP contribution in [0.2, 0.25) is 0 Å². The molecule has 1 saturated heterocycles. The number of pyridine rings is 1. The Hall–Kier alpha value is -2.08. The van der Waals surface area contributed by atoms with Crippen LogP contribution in [0.15, 0.2) is 30.7 Å². The molecule has 0 N–H and O–H groups in total. The minimum absolute atomic E-state index is 0.234. The van der Waals surface area contributed by atoms with Gasteiger partial charge in [-0.05, 0) is 24.6 Å². The number of aromatic nitrogens is 3. The Morgan fingerprint density at radius 2 is 1.81 bits per heavy atom. The van der Waals surface area contributed by atoms with Gasteiger partial charge in [-0.25, -0.2) is 14.4 Å². The van der Waals surface area contributed by atoms with Gasteiger partial charge < -0.3 is 4.90 Å². The van der Waals surface area contributed by atoms with Gasteiger partial charge in [0, 0.05) is 51.3 Å². The molecule has 2 aromatic heterocycles. The molecule has 0 saturated carbocycles. The Labute approximate surface area is 123 Å². The van der Waals surface area contributed by atoms with Crippen molar-refractivity contribution in [2.24, 2.45) is 0 Å². The van der Waals surface area contributed by atoms with E-state index in [0.29, 0.717) is 12.2 Å². The molecule has 0 aliphatic carbocycles. The molecule has 1 aliphatic heterocycles. The van der Waals surface area contributed by atoms with E-state index in [1.165, 1.54) is 6.07 Å². The van der Waals surface area contributed by atoms with E-state index in [9.17, 15) is 4.39 Å². The van der Waals surface area contributed by atoms with Gasteiger partial charge in [-0.2, -0.15) is 0 Å². The number of hydrogen-bond donors (Lipinski definition) is 0. The van der Waals surface area contributed by atoms with Crippen LogP contribution >= 0.6 is 0 Å². The second kappa shape index (κ2) is 6.13. The maximum Gasteiger partial charge on any atom is 0.225 e. The second-order valence-electron chi connectivity index (χ2n) is 5.26. The fourth-order valence-corrected chi connectivity index (χ4v) is 2.40. The lowest BCUT2D eigenvalue weighted by molar-refractivity contribution is 0.242. The summed E-state index contributed by atoms with van der Waals surface area (Å²) in [7, 11) is 0. The fraction of sp³-hybridized carbons (Fsp3) is 0.400. The summed E-state index contributed by atoms with van der Waals surface area (Å²) in [5.74, 6) is 0.533. The number of anilines is 1. The first kappa shape index (κ1) is 13.9. The molecule has 1 fully saturated rings. The van der Waals surface area contributed by atoms with E-state index in [1.54, 1.807) is 12.3 Å². The van der Waals surface area contributed by atoms with E-state index >= 15 is 0 Å². The summed E-state index contributed by atoms with van der Waals surface area (Å²) in [6.07, 6.45) is 5.30. The van der Waals surface area contributed by atoms with Crippen LogP contribution in [-0.4, -0.2) is 46.0 Å². The Kier molecular flexibility index (Phi) is 4.06. The molecule has 21 heavy (non-hydrogen) atoms. The number of halogens is 1. The summed E-state index contributed by atoms with van der Waals surface area (Å²) in [6, 6.07) is 3.07. The maximum atomic E-state index is 13.6. The molecule has 0 atom stereocenters. The van der Waals surface area contributed by atoms with Gasteiger partial charge in [0.25, 0.3) is 0 Å². The lowest BCUT2D eigenvalue weighted by Crippen LogP contribution is -2.46. The summed E-state index contributed by atoms with van der Waals surface area (Å²) in [4.78, 5) is 17.2. The van der Waals surface area contributed by atoms with E-state index in [4.69, 9.17) is 0 Å². The van der Waals surface area contributed by atoms with Gasteiger partial charge in [-0.3, -0.25) is 9.88 Å². The number of hydrogen-bond acceptors (Lipinski definition) is 5. The van der Waals surface area contributed by atoms with Gasteiger partial charge >= 0.3 is 0 Å². The van der Waals surface area contributed by atoms with Crippen molar-refractivity contribution in [3.63, 3.8) is 0 Å². The molecule has 2 aromatic rings. The molecule has 0 spiro atoms. The van der Waals surface area contributed by atoms with Gasteiger partial charge in [0.05, 0.1) is 5.69 Å². The summed E-state index contributed by atoms with van der Waals surface area (Å²) in [5.41, 5.74) is 1.57. The van der Waals surface area contributed by atoms with Crippen LogP contribution in [0.4, 0.5) is 10.3 Å². The van der Waals surface area contributed by atoms with Crippen molar-refractivity contribution in [2.45, 2.75) is 13.5 Å². The van der Waals surface area contributed by atoms with E-state index in [2.05, 4.69) is 24.8 Å². The Morgan fingerprint density at radius 1 is 1.10 bits per heavy atom. The van der Waals surface area contributed by atoms with Gasteiger partial charge in [0.2, 0.25) is 5.95 Å². The molecular formula is C15H18FN5. The molecule has 0 unspecified atom stereocenters. The number of aryl methyl sites for hydroxylation is 1. The summed E-state index contributed by atoms with van der Waals surface area (Å²) >= 11 is 0. The first-order valence-electron chi connectivity index (χ1n) is 7.08. The van der Waals surface area contributed by atoms with E-state index in [1.807, 2.05) is 19.3 Å². The number of piperazine rings is 1. The number of nitrogens with zero attached hydrogens (tertiary/aromatic N) is 5. The minimum atomic E-state index is -0.234. The third-order valence-electron chi connectivity index (χ3n) is 3.63. The predicted octanol–water partition coefficient (Wildman–Crippen LogP) is 1.64. The second-order valence-corrected chi connectivity index (χ2v) is 5.26.